The highest BCUT2D eigenvalue weighted by Gasteiger charge is 2.45. The minimum Gasteiger partial charge on any atom is -0.406 e. The number of nitrogens with zero attached hydrogens (tertiary/aromatic N) is 2. The van der Waals surface area contributed by atoms with E-state index in [2.05, 4.69) is 4.74 Å². The maximum Gasteiger partial charge on any atom is 0.573 e. The van der Waals surface area contributed by atoms with Crippen LogP contribution in [0.25, 0.3) is 0 Å². The summed E-state index contributed by atoms with van der Waals surface area (Å²) < 4.78 is 82.4. The van der Waals surface area contributed by atoms with E-state index in [0.717, 1.165) is 24.0 Å². The van der Waals surface area contributed by atoms with E-state index in [1.54, 1.807) is 12.1 Å². The lowest BCUT2D eigenvalue weighted by molar-refractivity contribution is -0.274. The third kappa shape index (κ3) is 4.86. The Morgan fingerprint density at radius 2 is 1.67 bits per heavy atom. The van der Waals surface area contributed by atoms with Gasteiger partial charge in [0.05, 0.1) is 11.9 Å². The van der Waals surface area contributed by atoms with E-state index in [-0.39, 0.29) is 18.8 Å². The molecule has 0 aliphatic carbocycles. The van der Waals surface area contributed by atoms with Gasteiger partial charge in [-0.05, 0) is 49.6 Å². The van der Waals surface area contributed by atoms with Crippen LogP contribution in [0.2, 0.25) is 0 Å². The number of hydrogen-bond acceptors (Lipinski definition) is 4. The SMILES string of the molecule is Cc1ccc(C2(N(F)c3ccc(OC(F)(F)F)cc3)CCCN(S(C)(=O)=O)C2)cc1. The molecular weight excluding hydrogens is 424 g/mol. The van der Waals surface area contributed by atoms with Crippen molar-refractivity contribution in [2.45, 2.75) is 31.7 Å². The second-order valence-electron chi connectivity index (χ2n) is 7.42. The lowest BCUT2D eigenvalue weighted by Gasteiger charge is -2.45. The van der Waals surface area contributed by atoms with Gasteiger partial charge in [0.2, 0.25) is 10.0 Å². The van der Waals surface area contributed by atoms with Crippen LogP contribution in [0.5, 0.6) is 5.75 Å². The van der Waals surface area contributed by atoms with Crippen LogP contribution in [0.4, 0.5) is 23.3 Å². The molecule has 1 unspecified atom stereocenters. The fourth-order valence-electron chi connectivity index (χ4n) is 3.68. The third-order valence-electron chi connectivity index (χ3n) is 5.17. The van der Waals surface area contributed by atoms with Crippen LogP contribution >= 0.6 is 0 Å². The van der Waals surface area contributed by atoms with Crippen LogP contribution in [0.15, 0.2) is 48.5 Å². The zero-order valence-corrected chi connectivity index (χ0v) is 17.3. The summed E-state index contributed by atoms with van der Waals surface area (Å²) in [6.45, 7) is 2.04. The van der Waals surface area contributed by atoms with Gasteiger partial charge >= 0.3 is 6.36 Å². The van der Waals surface area contributed by atoms with E-state index in [1.807, 2.05) is 19.1 Å². The molecule has 1 aliphatic heterocycles. The van der Waals surface area contributed by atoms with Gasteiger partial charge in [0.15, 0.2) is 0 Å². The van der Waals surface area contributed by atoms with Gasteiger partial charge in [-0.25, -0.2) is 8.42 Å². The van der Waals surface area contributed by atoms with Crippen molar-refractivity contribution in [1.29, 1.82) is 0 Å². The topological polar surface area (TPSA) is 49.9 Å². The predicted molar refractivity (Wildman–Crippen MR) is 105 cm³/mol. The van der Waals surface area contributed by atoms with E-state index in [9.17, 15) is 21.6 Å². The molecule has 5 nitrogen and oxygen atoms in total. The molecule has 3 rings (SSSR count). The number of piperidine rings is 1. The maximum atomic E-state index is 15.8. The van der Waals surface area contributed by atoms with Gasteiger partial charge in [-0.1, -0.05) is 34.3 Å². The van der Waals surface area contributed by atoms with Crippen molar-refractivity contribution >= 4 is 15.7 Å². The number of alkyl halides is 3. The molecule has 10 heteroatoms. The zero-order chi connectivity index (χ0) is 22.2. The van der Waals surface area contributed by atoms with Gasteiger partial charge in [-0.15, -0.1) is 13.2 Å². The Hall–Kier alpha value is -2.33. The maximum absolute atomic E-state index is 15.8. The Balaban J connectivity index is 2.00. The fourth-order valence-corrected chi connectivity index (χ4v) is 4.59. The summed E-state index contributed by atoms with van der Waals surface area (Å²) in [7, 11) is -3.56. The molecule has 0 bridgehead atoms. The lowest BCUT2D eigenvalue weighted by Crippen LogP contribution is -2.55. The first-order valence-electron chi connectivity index (χ1n) is 9.25. The molecule has 0 N–H and O–H groups in total. The molecule has 0 aromatic heterocycles. The predicted octanol–water partition coefficient (Wildman–Crippen LogP) is 4.54. The molecule has 1 saturated heterocycles. The molecule has 2 aromatic carbocycles. The second kappa shape index (κ2) is 8.07. The number of halogens is 4. The largest absolute Gasteiger partial charge is 0.573 e. The first-order valence-corrected chi connectivity index (χ1v) is 11.1. The number of ether oxygens (including phenoxy) is 1. The second-order valence-corrected chi connectivity index (χ2v) is 9.40. The Kier molecular flexibility index (Phi) is 6.01. The minimum atomic E-state index is -4.85. The summed E-state index contributed by atoms with van der Waals surface area (Å²) in [5, 5.41) is 0.451. The number of hydrogen-bond donors (Lipinski definition) is 0. The van der Waals surface area contributed by atoms with E-state index >= 15 is 4.48 Å². The van der Waals surface area contributed by atoms with Crippen LogP contribution in [0, 0.1) is 6.92 Å². The Labute approximate surface area is 172 Å². The van der Waals surface area contributed by atoms with Crippen molar-refractivity contribution in [2.75, 3.05) is 24.5 Å². The van der Waals surface area contributed by atoms with Crippen molar-refractivity contribution in [2.24, 2.45) is 0 Å². The van der Waals surface area contributed by atoms with Crippen molar-refractivity contribution in [3.63, 3.8) is 0 Å². The molecule has 0 spiro atoms. The van der Waals surface area contributed by atoms with Gasteiger partial charge in [-0.2, -0.15) is 9.43 Å². The highest BCUT2D eigenvalue weighted by molar-refractivity contribution is 7.88. The summed E-state index contributed by atoms with van der Waals surface area (Å²) in [4.78, 5) is 0. The monoisotopic (exact) mass is 446 g/mol. The standard InChI is InChI=1S/C20H22F4N2O3S/c1-15-4-6-16(7-5-15)19(12-3-13-25(14-19)30(2,27)28)26(24)17-8-10-18(11-9-17)29-20(21,22)23/h4-11H,3,12-14H2,1-2H3. The Morgan fingerprint density at radius 1 is 1.07 bits per heavy atom. The molecule has 2 aromatic rings. The van der Waals surface area contributed by atoms with Gasteiger partial charge in [0, 0.05) is 13.1 Å². The van der Waals surface area contributed by atoms with Crippen LogP contribution in [-0.2, 0) is 15.6 Å². The normalized spacial score (nSPS) is 20.7. The van der Waals surface area contributed by atoms with Crippen LogP contribution in [-0.4, -0.2) is 38.4 Å². The summed E-state index contributed by atoms with van der Waals surface area (Å²) in [5.41, 5.74) is 0.227. The van der Waals surface area contributed by atoms with Crippen LogP contribution in [0.1, 0.15) is 24.0 Å². The summed E-state index contributed by atoms with van der Waals surface area (Å²) in [6.07, 6.45) is -3.01. The Morgan fingerprint density at radius 3 is 2.20 bits per heavy atom. The van der Waals surface area contributed by atoms with E-state index in [0.29, 0.717) is 23.5 Å². The molecular formula is C20H22F4N2O3S. The van der Waals surface area contributed by atoms with Crippen molar-refractivity contribution in [3.8, 4) is 5.75 Å². The summed E-state index contributed by atoms with van der Waals surface area (Å²) >= 11 is 0. The molecule has 1 fully saturated rings. The van der Waals surface area contributed by atoms with Crippen molar-refractivity contribution in [3.05, 3.63) is 59.7 Å². The Bertz CT molecular complexity index is 979. The first kappa shape index (κ1) is 22.4. The molecule has 30 heavy (non-hydrogen) atoms. The van der Waals surface area contributed by atoms with Gasteiger partial charge < -0.3 is 4.74 Å². The van der Waals surface area contributed by atoms with Crippen LogP contribution in [0.3, 0.4) is 0 Å². The molecule has 164 valence electrons. The van der Waals surface area contributed by atoms with Crippen molar-refractivity contribution in [1.82, 2.24) is 4.31 Å². The van der Waals surface area contributed by atoms with Crippen molar-refractivity contribution < 1.29 is 30.8 Å². The number of rotatable bonds is 5. The molecule has 0 radical (unpaired) electrons. The molecule has 1 aliphatic rings. The van der Waals surface area contributed by atoms with Crippen LogP contribution < -0.4 is 9.86 Å². The molecule has 0 amide bonds. The van der Waals surface area contributed by atoms with E-state index in [4.69, 9.17) is 0 Å². The minimum absolute atomic E-state index is 0.000417. The third-order valence-corrected chi connectivity index (χ3v) is 6.42. The number of benzene rings is 2. The van der Waals surface area contributed by atoms with Gasteiger partial charge in [-0.3, -0.25) is 0 Å². The van der Waals surface area contributed by atoms with Gasteiger partial charge in [0.1, 0.15) is 11.3 Å². The average Bonchev–Trinajstić information content (AvgIpc) is 2.66. The summed E-state index contributed by atoms with van der Waals surface area (Å²) in [6, 6.07) is 11.5. The number of sulfonamides is 1. The highest BCUT2D eigenvalue weighted by atomic mass is 32.2. The smallest absolute Gasteiger partial charge is 0.406 e. The van der Waals surface area contributed by atoms with E-state index in [1.165, 1.54) is 16.4 Å². The molecule has 0 saturated carbocycles. The highest BCUT2D eigenvalue weighted by Crippen LogP contribution is 2.42. The van der Waals surface area contributed by atoms with Gasteiger partial charge in [0.25, 0.3) is 0 Å². The van der Waals surface area contributed by atoms with E-state index < -0.39 is 27.7 Å². The fraction of sp³-hybridized carbons (Fsp3) is 0.400. The number of anilines is 1. The average molecular weight is 446 g/mol. The quantitative estimate of drug-likeness (QED) is 0.500. The summed E-state index contributed by atoms with van der Waals surface area (Å²) in [5.74, 6) is -0.467. The first-order chi connectivity index (χ1) is 13.9. The number of aryl methyl sites for hydroxylation is 1. The zero-order valence-electron chi connectivity index (χ0n) is 16.5. The lowest BCUT2D eigenvalue weighted by atomic mass is 9.82. The molecule has 1 heterocycles. The molecule has 1 atom stereocenters.